The van der Waals surface area contributed by atoms with E-state index in [2.05, 4.69) is 25.9 Å². The Bertz CT molecular complexity index is 303. The van der Waals surface area contributed by atoms with Gasteiger partial charge in [0.2, 0.25) is 0 Å². The minimum atomic E-state index is -0.293. The number of Topliss-reactive ketones (excluding diaryl/α,β-unsaturated/α-hetero) is 1. The molecule has 0 saturated carbocycles. The van der Waals surface area contributed by atoms with Crippen molar-refractivity contribution in [2.75, 3.05) is 0 Å². The third kappa shape index (κ3) is 7.46. The first-order valence-corrected chi connectivity index (χ1v) is 6.71. The Labute approximate surface area is 112 Å². The molecule has 0 radical (unpaired) electrons. The van der Waals surface area contributed by atoms with Crippen LogP contribution in [0.4, 0.5) is 0 Å². The van der Waals surface area contributed by atoms with Gasteiger partial charge in [0.1, 0.15) is 11.4 Å². The van der Waals surface area contributed by atoms with Crippen molar-refractivity contribution >= 4 is 11.5 Å². The number of rotatable bonds is 5. The summed E-state index contributed by atoms with van der Waals surface area (Å²) in [5, 5.41) is 4.26. The molecule has 3 nitrogen and oxygen atoms in total. The first-order chi connectivity index (χ1) is 7.93. The van der Waals surface area contributed by atoms with Gasteiger partial charge >= 0.3 is 0 Å². The largest absolute Gasteiger partial charge is 0.390 e. The maximum atomic E-state index is 11.7. The zero-order chi connectivity index (χ0) is 14.6. The standard InChI is InChI=1S/C15H29NO2/c1-11(2)12(17)9-10-13(14(3,4)5)16-18-15(6,7)8/h11H,9-10H2,1-8H3/b16-13+. The summed E-state index contributed by atoms with van der Waals surface area (Å²) in [5.74, 6) is 0.373. The summed E-state index contributed by atoms with van der Waals surface area (Å²) in [6.45, 7) is 16.1. The highest BCUT2D eigenvalue weighted by Crippen LogP contribution is 2.22. The van der Waals surface area contributed by atoms with Crippen LogP contribution in [0.3, 0.4) is 0 Å². The second kappa shape index (κ2) is 6.35. The fourth-order valence-electron chi connectivity index (χ4n) is 1.28. The molecule has 0 aliphatic carbocycles. The number of hydrogen-bond acceptors (Lipinski definition) is 3. The summed E-state index contributed by atoms with van der Waals surface area (Å²) in [7, 11) is 0. The van der Waals surface area contributed by atoms with Crippen molar-refractivity contribution < 1.29 is 9.63 Å². The van der Waals surface area contributed by atoms with Crippen molar-refractivity contribution in [2.24, 2.45) is 16.5 Å². The Hall–Kier alpha value is -0.860. The fraction of sp³-hybridized carbons (Fsp3) is 0.867. The molecule has 18 heavy (non-hydrogen) atoms. The molecule has 0 saturated heterocycles. The van der Waals surface area contributed by atoms with Crippen LogP contribution >= 0.6 is 0 Å². The van der Waals surface area contributed by atoms with Crippen LogP contribution in [0.15, 0.2) is 5.16 Å². The molecule has 0 atom stereocenters. The van der Waals surface area contributed by atoms with Gasteiger partial charge in [-0.1, -0.05) is 39.8 Å². The fourth-order valence-corrected chi connectivity index (χ4v) is 1.28. The van der Waals surface area contributed by atoms with Crippen molar-refractivity contribution in [2.45, 2.75) is 73.8 Å². The van der Waals surface area contributed by atoms with E-state index < -0.39 is 0 Å². The normalized spacial score (nSPS) is 13.9. The van der Waals surface area contributed by atoms with Gasteiger partial charge in [0, 0.05) is 17.8 Å². The van der Waals surface area contributed by atoms with Crippen molar-refractivity contribution in [1.82, 2.24) is 0 Å². The zero-order valence-corrected chi connectivity index (χ0v) is 13.3. The van der Waals surface area contributed by atoms with E-state index in [1.54, 1.807) is 0 Å². The lowest BCUT2D eigenvalue weighted by molar-refractivity contribution is -0.121. The summed E-state index contributed by atoms with van der Waals surface area (Å²) in [4.78, 5) is 17.2. The highest BCUT2D eigenvalue weighted by Gasteiger charge is 2.22. The Morgan fingerprint density at radius 2 is 1.56 bits per heavy atom. The molecule has 0 aliphatic rings. The molecule has 0 aliphatic heterocycles. The summed E-state index contributed by atoms with van der Waals surface area (Å²) in [6, 6.07) is 0. The molecule has 0 heterocycles. The lowest BCUT2D eigenvalue weighted by Gasteiger charge is -2.24. The Morgan fingerprint density at radius 3 is 1.89 bits per heavy atom. The first-order valence-electron chi connectivity index (χ1n) is 6.71. The third-order valence-corrected chi connectivity index (χ3v) is 2.55. The molecule has 0 N–H and O–H groups in total. The van der Waals surface area contributed by atoms with Crippen LogP contribution in [0.2, 0.25) is 0 Å². The average Bonchev–Trinajstić information content (AvgIpc) is 2.12. The summed E-state index contributed by atoms with van der Waals surface area (Å²) in [6.07, 6.45) is 1.22. The quantitative estimate of drug-likeness (QED) is 0.545. The number of nitrogens with zero attached hydrogens (tertiary/aromatic N) is 1. The molecule has 0 aromatic heterocycles. The van der Waals surface area contributed by atoms with E-state index in [4.69, 9.17) is 4.84 Å². The average molecular weight is 255 g/mol. The van der Waals surface area contributed by atoms with Gasteiger partial charge in [-0.2, -0.15) is 0 Å². The highest BCUT2D eigenvalue weighted by atomic mass is 16.6. The zero-order valence-electron chi connectivity index (χ0n) is 13.3. The van der Waals surface area contributed by atoms with Gasteiger partial charge < -0.3 is 4.84 Å². The van der Waals surface area contributed by atoms with Crippen LogP contribution in [0.1, 0.15) is 68.2 Å². The minimum Gasteiger partial charge on any atom is -0.390 e. The van der Waals surface area contributed by atoms with Gasteiger partial charge in [0.25, 0.3) is 0 Å². The predicted molar refractivity (Wildman–Crippen MR) is 76.8 cm³/mol. The molecule has 3 heteroatoms. The Morgan fingerprint density at radius 1 is 1.06 bits per heavy atom. The lowest BCUT2D eigenvalue weighted by atomic mass is 9.86. The smallest absolute Gasteiger partial charge is 0.135 e. The molecular formula is C15H29NO2. The van der Waals surface area contributed by atoms with Gasteiger partial charge in [0.15, 0.2) is 0 Å². The molecule has 0 spiro atoms. The first kappa shape index (κ1) is 17.1. The summed E-state index contributed by atoms with van der Waals surface area (Å²) in [5.41, 5.74) is 0.590. The van der Waals surface area contributed by atoms with E-state index >= 15 is 0 Å². The van der Waals surface area contributed by atoms with Gasteiger partial charge in [-0.05, 0) is 27.2 Å². The van der Waals surface area contributed by atoms with E-state index in [0.717, 1.165) is 5.71 Å². The van der Waals surface area contributed by atoms with Crippen LogP contribution in [-0.4, -0.2) is 17.1 Å². The van der Waals surface area contributed by atoms with E-state index in [0.29, 0.717) is 12.8 Å². The topological polar surface area (TPSA) is 38.7 Å². The summed E-state index contributed by atoms with van der Waals surface area (Å²) >= 11 is 0. The maximum absolute atomic E-state index is 11.7. The Balaban J connectivity index is 4.68. The van der Waals surface area contributed by atoms with Crippen molar-refractivity contribution in [3.63, 3.8) is 0 Å². The minimum absolute atomic E-state index is 0.0670. The summed E-state index contributed by atoms with van der Waals surface area (Å²) < 4.78 is 0. The number of oxime groups is 1. The van der Waals surface area contributed by atoms with Crippen LogP contribution in [0.5, 0.6) is 0 Å². The Kier molecular flexibility index (Phi) is 6.05. The monoisotopic (exact) mass is 255 g/mol. The second-order valence-corrected chi connectivity index (χ2v) is 7.11. The molecule has 0 aromatic rings. The van der Waals surface area contributed by atoms with Crippen molar-refractivity contribution in [1.29, 1.82) is 0 Å². The molecular weight excluding hydrogens is 226 g/mol. The van der Waals surface area contributed by atoms with Gasteiger partial charge in [-0.25, -0.2) is 0 Å². The molecule has 0 unspecified atom stereocenters. The van der Waals surface area contributed by atoms with E-state index in [1.165, 1.54) is 0 Å². The van der Waals surface area contributed by atoms with Crippen LogP contribution in [-0.2, 0) is 9.63 Å². The van der Waals surface area contributed by atoms with Crippen molar-refractivity contribution in [3.8, 4) is 0 Å². The maximum Gasteiger partial charge on any atom is 0.135 e. The van der Waals surface area contributed by atoms with Gasteiger partial charge in [-0.15, -0.1) is 0 Å². The second-order valence-electron chi connectivity index (χ2n) is 7.11. The van der Waals surface area contributed by atoms with Gasteiger partial charge in [0.05, 0.1) is 5.71 Å². The van der Waals surface area contributed by atoms with Crippen molar-refractivity contribution in [3.05, 3.63) is 0 Å². The lowest BCUT2D eigenvalue weighted by Crippen LogP contribution is -2.25. The number of carbonyl (C=O) groups excluding carboxylic acids is 1. The molecule has 0 fully saturated rings. The predicted octanol–water partition coefficient (Wildman–Crippen LogP) is 4.21. The van der Waals surface area contributed by atoms with E-state index in [1.807, 2.05) is 34.6 Å². The molecule has 0 rings (SSSR count). The van der Waals surface area contributed by atoms with Crippen LogP contribution in [0.25, 0.3) is 0 Å². The van der Waals surface area contributed by atoms with Gasteiger partial charge in [-0.3, -0.25) is 4.79 Å². The molecule has 106 valence electrons. The SMILES string of the molecule is CC(C)C(=O)CC/C(=N\OC(C)(C)C)C(C)(C)C. The highest BCUT2D eigenvalue weighted by molar-refractivity contribution is 5.92. The number of carbonyl (C=O) groups is 1. The third-order valence-electron chi connectivity index (χ3n) is 2.55. The molecule has 0 amide bonds. The molecule has 0 aromatic carbocycles. The van der Waals surface area contributed by atoms with E-state index in [-0.39, 0.29) is 22.7 Å². The number of hydrogen-bond donors (Lipinski definition) is 0. The molecule has 0 bridgehead atoms. The number of ketones is 1. The van der Waals surface area contributed by atoms with E-state index in [9.17, 15) is 4.79 Å². The van der Waals surface area contributed by atoms with Crippen LogP contribution < -0.4 is 0 Å². The van der Waals surface area contributed by atoms with Crippen LogP contribution in [0, 0.1) is 11.3 Å².